The monoisotopic (exact) mass is 558 g/mol. The highest BCUT2D eigenvalue weighted by Gasteiger charge is 2.24. The van der Waals surface area contributed by atoms with E-state index in [0.717, 1.165) is 27.8 Å². The molecule has 12 heteroatoms. The summed E-state index contributed by atoms with van der Waals surface area (Å²) in [6, 6.07) is 9.56. The summed E-state index contributed by atoms with van der Waals surface area (Å²) in [5.41, 5.74) is 1.00. The van der Waals surface area contributed by atoms with Gasteiger partial charge in [-0.05, 0) is 55.2 Å². The Morgan fingerprint density at radius 2 is 1.97 bits per heavy atom. The second kappa shape index (κ2) is 12.2. The largest absolute Gasteiger partial charge is 0.497 e. The fraction of sp³-hybridized carbons (Fsp3) is 0.192. The van der Waals surface area contributed by atoms with Crippen molar-refractivity contribution in [2.75, 3.05) is 23.3 Å². The number of thiophene rings is 1. The van der Waals surface area contributed by atoms with Crippen LogP contribution in [0, 0.1) is 11.6 Å². The number of amides is 1. The molecular weight excluding hydrogens is 534 g/mol. The highest BCUT2D eigenvalue weighted by atomic mass is 32.2. The number of ether oxygens (including phenoxy) is 1. The van der Waals surface area contributed by atoms with Gasteiger partial charge in [-0.25, -0.2) is 23.0 Å². The van der Waals surface area contributed by atoms with E-state index in [1.807, 2.05) is 24.3 Å². The zero-order chi connectivity index (χ0) is 27.2. The fourth-order valence-electron chi connectivity index (χ4n) is 3.86. The summed E-state index contributed by atoms with van der Waals surface area (Å²) in [7, 11) is 1.59. The number of aromatic nitrogens is 2. The van der Waals surface area contributed by atoms with Gasteiger partial charge in [-0.1, -0.05) is 18.7 Å². The van der Waals surface area contributed by atoms with E-state index < -0.39 is 34.5 Å². The Kier molecular flexibility index (Phi) is 8.77. The van der Waals surface area contributed by atoms with E-state index in [9.17, 15) is 17.9 Å². The van der Waals surface area contributed by atoms with Crippen LogP contribution in [0.1, 0.15) is 34.5 Å². The van der Waals surface area contributed by atoms with Gasteiger partial charge in [0.2, 0.25) is 0 Å². The summed E-state index contributed by atoms with van der Waals surface area (Å²) in [4.78, 5) is 21.1. The second-order valence-electron chi connectivity index (χ2n) is 8.14. The van der Waals surface area contributed by atoms with Crippen molar-refractivity contribution in [1.82, 2.24) is 9.97 Å². The fourth-order valence-corrected chi connectivity index (χ4v) is 5.44. The number of methoxy groups -OCH3 is 1. The number of carbonyl (C=O) groups excluding carboxylic acids is 1. The molecule has 2 aromatic heterocycles. The molecule has 0 aliphatic carbocycles. The van der Waals surface area contributed by atoms with Crippen molar-refractivity contribution in [1.29, 1.82) is 0 Å². The van der Waals surface area contributed by atoms with E-state index in [1.54, 1.807) is 7.11 Å². The lowest BCUT2D eigenvalue weighted by atomic mass is 10.1. The van der Waals surface area contributed by atoms with E-state index in [2.05, 4.69) is 21.9 Å². The quantitative estimate of drug-likeness (QED) is 0.177. The standard InChI is InChI=1S/C26H24F2N4O4S2/c1-3-20-25-23(30-15-29-20)18(14-37-25)26(33)31-24-19(27)11-12-21(22(24)28)32(38(34)35)13-5-4-6-16-7-9-17(36-2)10-8-16/h3,7-12,14-15H,1,4-6,13H2,2H3,(H,31,33)(H,34,35). The molecule has 38 heavy (non-hydrogen) atoms. The number of hydrogen-bond donors (Lipinski definition) is 2. The SMILES string of the molecule is C=Cc1ncnc2c(C(=O)Nc3c(F)ccc(N(CCCCc4ccc(OC)cc4)S(=O)O)c3F)csc12. The minimum atomic E-state index is -2.58. The van der Waals surface area contributed by atoms with E-state index >= 15 is 4.39 Å². The average Bonchev–Trinajstić information content (AvgIpc) is 3.36. The third-order valence-electron chi connectivity index (χ3n) is 5.82. The molecule has 1 atom stereocenters. The van der Waals surface area contributed by atoms with E-state index in [1.165, 1.54) is 29.1 Å². The molecule has 4 aromatic rings. The van der Waals surface area contributed by atoms with E-state index in [0.29, 0.717) is 35.2 Å². The minimum Gasteiger partial charge on any atom is -0.497 e. The van der Waals surface area contributed by atoms with E-state index in [4.69, 9.17) is 4.74 Å². The Morgan fingerprint density at radius 3 is 2.66 bits per heavy atom. The Balaban J connectivity index is 1.50. The van der Waals surface area contributed by atoms with Crippen LogP contribution >= 0.6 is 11.3 Å². The predicted molar refractivity (Wildman–Crippen MR) is 146 cm³/mol. The van der Waals surface area contributed by atoms with Gasteiger partial charge in [-0.2, -0.15) is 0 Å². The third kappa shape index (κ3) is 5.87. The lowest BCUT2D eigenvalue weighted by molar-refractivity contribution is 0.102. The number of nitrogens with zero attached hydrogens (tertiary/aromatic N) is 3. The number of halogens is 2. The molecule has 2 N–H and O–H groups in total. The zero-order valence-electron chi connectivity index (χ0n) is 20.3. The van der Waals surface area contributed by atoms with Gasteiger partial charge in [0, 0.05) is 11.9 Å². The molecule has 8 nitrogen and oxygen atoms in total. The van der Waals surface area contributed by atoms with Crippen LogP contribution in [0.5, 0.6) is 5.75 Å². The summed E-state index contributed by atoms with van der Waals surface area (Å²) in [6.07, 6.45) is 4.61. The Morgan fingerprint density at radius 1 is 1.21 bits per heavy atom. The molecule has 1 unspecified atom stereocenters. The first-order chi connectivity index (χ1) is 18.3. The highest BCUT2D eigenvalue weighted by molar-refractivity contribution is 7.80. The van der Waals surface area contributed by atoms with Crippen LogP contribution in [-0.2, 0) is 17.7 Å². The molecule has 1 amide bonds. The van der Waals surface area contributed by atoms with Crippen LogP contribution in [0.2, 0.25) is 0 Å². The number of anilines is 2. The molecule has 2 aromatic carbocycles. The number of unbranched alkanes of at least 4 members (excludes halogenated alkanes) is 1. The summed E-state index contributed by atoms with van der Waals surface area (Å²) >= 11 is -1.38. The maximum Gasteiger partial charge on any atom is 0.261 e. The zero-order valence-corrected chi connectivity index (χ0v) is 22.0. The number of aryl methyl sites for hydroxylation is 1. The average molecular weight is 559 g/mol. The van der Waals surface area contributed by atoms with Gasteiger partial charge < -0.3 is 10.1 Å². The van der Waals surface area contributed by atoms with Crippen LogP contribution in [0.25, 0.3) is 16.3 Å². The van der Waals surface area contributed by atoms with Gasteiger partial charge in [0.15, 0.2) is 5.82 Å². The van der Waals surface area contributed by atoms with Crippen LogP contribution in [0.15, 0.2) is 54.7 Å². The Bertz CT molecular complexity index is 1490. The van der Waals surface area contributed by atoms with Gasteiger partial charge in [-0.3, -0.25) is 13.7 Å². The predicted octanol–water partition coefficient (Wildman–Crippen LogP) is 5.84. The molecule has 2 heterocycles. The highest BCUT2D eigenvalue weighted by Crippen LogP contribution is 2.32. The number of nitrogens with one attached hydrogen (secondary N) is 1. The number of carbonyl (C=O) groups is 1. The number of benzene rings is 2. The molecule has 0 saturated heterocycles. The van der Waals surface area contributed by atoms with Crippen molar-refractivity contribution in [3.05, 3.63) is 83.1 Å². The van der Waals surface area contributed by atoms with Crippen molar-refractivity contribution >= 4 is 56.2 Å². The van der Waals surface area contributed by atoms with Gasteiger partial charge in [0.1, 0.15) is 23.6 Å². The summed E-state index contributed by atoms with van der Waals surface area (Å²) in [5, 5.41) is 3.77. The van der Waals surface area contributed by atoms with Gasteiger partial charge in [-0.15, -0.1) is 11.3 Å². The summed E-state index contributed by atoms with van der Waals surface area (Å²) in [6.45, 7) is 3.71. The Labute approximate surface area is 224 Å². The van der Waals surface area contributed by atoms with Crippen LogP contribution in [0.3, 0.4) is 0 Å². The molecule has 0 radical (unpaired) electrons. The number of hydrogen-bond acceptors (Lipinski definition) is 6. The molecular formula is C26H24F2N4O4S2. The van der Waals surface area contributed by atoms with Crippen molar-refractivity contribution in [2.45, 2.75) is 19.3 Å². The number of fused-ring (bicyclic) bond motifs is 1. The topological polar surface area (TPSA) is 105 Å². The van der Waals surface area contributed by atoms with E-state index in [-0.39, 0.29) is 17.8 Å². The van der Waals surface area contributed by atoms with Crippen molar-refractivity contribution < 1.29 is 27.1 Å². The first-order valence-electron chi connectivity index (χ1n) is 11.5. The van der Waals surface area contributed by atoms with Crippen LogP contribution in [-0.4, -0.2) is 38.3 Å². The summed E-state index contributed by atoms with van der Waals surface area (Å²) < 4.78 is 58.6. The third-order valence-corrected chi connectivity index (χ3v) is 7.57. The number of rotatable bonds is 11. The lowest BCUT2D eigenvalue weighted by Crippen LogP contribution is -2.28. The van der Waals surface area contributed by atoms with Crippen LogP contribution in [0.4, 0.5) is 20.2 Å². The molecule has 0 aliphatic rings. The molecule has 0 bridgehead atoms. The molecule has 0 saturated carbocycles. The van der Waals surface area contributed by atoms with Gasteiger partial charge in [0.05, 0.1) is 34.3 Å². The maximum absolute atomic E-state index is 15.4. The lowest BCUT2D eigenvalue weighted by Gasteiger charge is -2.22. The second-order valence-corrected chi connectivity index (χ2v) is 9.92. The first-order valence-corrected chi connectivity index (χ1v) is 13.4. The molecule has 0 spiro atoms. The van der Waals surface area contributed by atoms with Gasteiger partial charge in [0.25, 0.3) is 17.2 Å². The van der Waals surface area contributed by atoms with Crippen molar-refractivity contribution in [3.63, 3.8) is 0 Å². The van der Waals surface area contributed by atoms with Gasteiger partial charge >= 0.3 is 0 Å². The molecule has 0 fully saturated rings. The molecule has 198 valence electrons. The molecule has 0 aliphatic heterocycles. The minimum absolute atomic E-state index is 0.0334. The van der Waals surface area contributed by atoms with Crippen LogP contribution < -0.4 is 14.4 Å². The first kappa shape index (κ1) is 27.3. The summed E-state index contributed by atoms with van der Waals surface area (Å²) in [5.74, 6) is -2.22. The Hall–Kier alpha value is -3.74. The van der Waals surface area contributed by atoms with Crippen molar-refractivity contribution in [2.24, 2.45) is 0 Å². The maximum atomic E-state index is 15.4. The normalized spacial score (nSPS) is 11.8. The molecule has 4 rings (SSSR count). The van der Waals surface area contributed by atoms with Crippen molar-refractivity contribution in [3.8, 4) is 5.75 Å². The smallest absolute Gasteiger partial charge is 0.261 e.